The highest BCUT2D eigenvalue weighted by Gasteiger charge is 2.34. The Kier molecular flexibility index (Phi) is 4.05. The molecule has 0 saturated carbocycles. The Morgan fingerprint density at radius 1 is 1.33 bits per heavy atom. The molecule has 2 aromatic rings. The lowest BCUT2D eigenvalue weighted by molar-refractivity contribution is 0.0489. The van der Waals surface area contributed by atoms with E-state index < -0.39 is 10.0 Å². The van der Waals surface area contributed by atoms with E-state index in [1.807, 2.05) is 18.2 Å². The number of aromatic nitrogens is 1. The molecule has 0 N–H and O–H groups in total. The van der Waals surface area contributed by atoms with Gasteiger partial charge in [0.15, 0.2) is 0 Å². The summed E-state index contributed by atoms with van der Waals surface area (Å²) in [5.74, 6) is 0. The summed E-state index contributed by atoms with van der Waals surface area (Å²) < 4.78 is 36.7. The molecule has 2 aromatic heterocycles. The zero-order chi connectivity index (χ0) is 14.7. The molecule has 1 fully saturated rings. The third kappa shape index (κ3) is 3.15. The first-order chi connectivity index (χ1) is 10.2. The summed E-state index contributed by atoms with van der Waals surface area (Å²) in [6.45, 7) is 1.17. The van der Waals surface area contributed by atoms with Crippen LogP contribution in [0.4, 0.5) is 0 Å². The molecule has 112 valence electrons. The van der Waals surface area contributed by atoms with Gasteiger partial charge in [0.25, 0.3) is 10.0 Å². The highest BCUT2D eigenvalue weighted by atomic mass is 32.2. The summed E-state index contributed by atoms with van der Waals surface area (Å²) in [6.07, 6.45) is 3.63. The normalized spacial score (nSPS) is 19.9. The third-order valence-electron chi connectivity index (χ3n) is 3.39. The van der Waals surface area contributed by atoms with E-state index in [-0.39, 0.29) is 11.2 Å². The number of nitrogens with zero attached hydrogens (tertiary/aromatic N) is 2. The first-order valence-corrected chi connectivity index (χ1v) is 8.15. The molecule has 0 aliphatic carbocycles. The van der Waals surface area contributed by atoms with Gasteiger partial charge < -0.3 is 9.15 Å². The van der Waals surface area contributed by atoms with E-state index in [4.69, 9.17) is 9.15 Å². The first-order valence-electron chi connectivity index (χ1n) is 6.71. The predicted octanol–water partition coefficient (Wildman–Crippen LogP) is 1.65. The van der Waals surface area contributed by atoms with Crippen LogP contribution in [0.5, 0.6) is 0 Å². The van der Waals surface area contributed by atoms with Crippen LogP contribution in [0, 0.1) is 0 Å². The molecule has 1 atom stereocenters. The lowest BCUT2D eigenvalue weighted by Gasteiger charge is -2.15. The zero-order valence-electron chi connectivity index (χ0n) is 11.4. The van der Waals surface area contributed by atoms with Crippen molar-refractivity contribution in [1.82, 2.24) is 9.29 Å². The fourth-order valence-electron chi connectivity index (χ4n) is 2.28. The molecule has 0 radical (unpaired) electrons. The Balaban J connectivity index is 1.59. The number of ether oxygens (including phenoxy) is 1. The van der Waals surface area contributed by atoms with Crippen molar-refractivity contribution in [3.05, 3.63) is 48.5 Å². The van der Waals surface area contributed by atoms with Gasteiger partial charge in [-0.3, -0.25) is 4.98 Å². The van der Waals surface area contributed by atoms with Crippen LogP contribution in [-0.2, 0) is 21.4 Å². The number of hydrogen-bond acceptors (Lipinski definition) is 5. The molecule has 1 aliphatic heterocycles. The molecule has 0 bridgehead atoms. The summed E-state index contributed by atoms with van der Waals surface area (Å²) in [6, 6.07) is 8.65. The van der Waals surface area contributed by atoms with E-state index in [1.54, 1.807) is 12.3 Å². The molecule has 0 amide bonds. The summed E-state index contributed by atoms with van der Waals surface area (Å²) in [4.78, 5) is 4.18. The van der Waals surface area contributed by atoms with Gasteiger partial charge in [0.1, 0.15) is 0 Å². The van der Waals surface area contributed by atoms with Gasteiger partial charge >= 0.3 is 0 Å². The molecular weight excluding hydrogens is 292 g/mol. The number of pyridine rings is 1. The second-order valence-electron chi connectivity index (χ2n) is 4.84. The van der Waals surface area contributed by atoms with E-state index >= 15 is 0 Å². The molecule has 3 rings (SSSR count). The number of hydrogen-bond donors (Lipinski definition) is 0. The van der Waals surface area contributed by atoms with Crippen molar-refractivity contribution in [3.8, 4) is 0 Å². The second kappa shape index (κ2) is 5.97. The minimum absolute atomic E-state index is 0.0205. The van der Waals surface area contributed by atoms with Crippen LogP contribution in [0.25, 0.3) is 0 Å². The van der Waals surface area contributed by atoms with Crippen LogP contribution in [-0.4, -0.2) is 36.9 Å². The number of furan rings is 1. The highest BCUT2D eigenvalue weighted by Crippen LogP contribution is 2.23. The van der Waals surface area contributed by atoms with Crippen LogP contribution in [0.15, 0.2) is 52.3 Å². The molecule has 7 heteroatoms. The third-order valence-corrected chi connectivity index (χ3v) is 5.14. The van der Waals surface area contributed by atoms with Crippen molar-refractivity contribution < 1.29 is 17.6 Å². The van der Waals surface area contributed by atoms with Gasteiger partial charge in [0, 0.05) is 19.3 Å². The summed E-state index contributed by atoms with van der Waals surface area (Å²) in [7, 11) is -3.54. The maximum atomic E-state index is 12.3. The maximum Gasteiger partial charge on any atom is 0.276 e. The van der Waals surface area contributed by atoms with Crippen molar-refractivity contribution in [3.63, 3.8) is 0 Å². The fourth-order valence-corrected chi connectivity index (χ4v) is 3.67. The summed E-state index contributed by atoms with van der Waals surface area (Å²) in [5.41, 5.74) is 0.838. The monoisotopic (exact) mass is 308 g/mol. The number of rotatable bonds is 5. The Morgan fingerprint density at radius 3 is 2.95 bits per heavy atom. The SMILES string of the molecule is O=S(=O)(c1ccco1)N1CC[C@@H](OCc2ccccn2)C1. The van der Waals surface area contributed by atoms with Gasteiger partial charge in [-0.1, -0.05) is 6.07 Å². The van der Waals surface area contributed by atoms with E-state index in [1.165, 1.54) is 16.6 Å². The molecule has 3 heterocycles. The smallest absolute Gasteiger partial charge is 0.276 e. The largest absolute Gasteiger partial charge is 0.452 e. The summed E-state index contributed by atoms with van der Waals surface area (Å²) in [5, 5.41) is -0.0205. The van der Waals surface area contributed by atoms with Crippen molar-refractivity contribution >= 4 is 10.0 Å². The Labute approximate surface area is 123 Å². The zero-order valence-corrected chi connectivity index (χ0v) is 12.2. The van der Waals surface area contributed by atoms with Crippen molar-refractivity contribution in [1.29, 1.82) is 0 Å². The minimum atomic E-state index is -3.54. The van der Waals surface area contributed by atoms with Gasteiger partial charge in [-0.2, -0.15) is 4.31 Å². The number of sulfonamides is 1. The Bertz CT molecular complexity index is 670. The highest BCUT2D eigenvalue weighted by molar-refractivity contribution is 7.89. The standard InChI is InChI=1S/C14H16N2O4S/c17-21(18,14-5-3-9-19-14)16-8-6-13(10-16)20-11-12-4-1-2-7-15-12/h1-5,7,9,13H,6,8,10-11H2/t13-/m1/s1. The lowest BCUT2D eigenvalue weighted by atomic mass is 10.3. The quantitative estimate of drug-likeness (QED) is 0.840. The van der Waals surface area contributed by atoms with Crippen molar-refractivity contribution in [2.24, 2.45) is 0 Å². The van der Waals surface area contributed by atoms with Crippen LogP contribution in [0.3, 0.4) is 0 Å². The maximum absolute atomic E-state index is 12.3. The predicted molar refractivity (Wildman–Crippen MR) is 74.9 cm³/mol. The lowest BCUT2D eigenvalue weighted by Crippen LogP contribution is -2.30. The molecule has 21 heavy (non-hydrogen) atoms. The topological polar surface area (TPSA) is 72.6 Å². The molecule has 1 aliphatic rings. The molecule has 0 spiro atoms. The Morgan fingerprint density at radius 2 is 2.24 bits per heavy atom. The minimum Gasteiger partial charge on any atom is -0.452 e. The molecule has 6 nitrogen and oxygen atoms in total. The van der Waals surface area contributed by atoms with Gasteiger partial charge in [-0.25, -0.2) is 8.42 Å². The van der Waals surface area contributed by atoms with E-state index in [2.05, 4.69) is 4.98 Å². The van der Waals surface area contributed by atoms with E-state index in [9.17, 15) is 8.42 Å². The second-order valence-corrected chi connectivity index (χ2v) is 6.71. The Hall–Kier alpha value is -1.70. The van der Waals surface area contributed by atoms with Crippen LogP contribution in [0.1, 0.15) is 12.1 Å². The fraction of sp³-hybridized carbons (Fsp3) is 0.357. The average molecular weight is 308 g/mol. The van der Waals surface area contributed by atoms with E-state index in [0.29, 0.717) is 26.1 Å². The summed E-state index contributed by atoms with van der Waals surface area (Å²) >= 11 is 0. The van der Waals surface area contributed by atoms with Gasteiger partial charge in [0.05, 0.1) is 24.7 Å². The molecule has 1 saturated heterocycles. The van der Waals surface area contributed by atoms with Gasteiger partial charge in [-0.15, -0.1) is 0 Å². The molecule has 0 unspecified atom stereocenters. The van der Waals surface area contributed by atoms with Crippen LogP contribution < -0.4 is 0 Å². The first kappa shape index (κ1) is 14.2. The van der Waals surface area contributed by atoms with Crippen LogP contribution >= 0.6 is 0 Å². The van der Waals surface area contributed by atoms with E-state index in [0.717, 1.165) is 5.69 Å². The van der Waals surface area contributed by atoms with Crippen LogP contribution in [0.2, 0.25) is 0 Å². The average Bonchev–Trinajstić information content (AvgIpc) is 3.18. The molecule has 0 aromatic carbocycles. The molecular formula is C14H16N2O4S. The van der Waals surface area contributed by atoms with Gasteiger partial charge in [0.2, 0.25) is 5.09 Å². The van der Waals surface area contributed by atoms with Gasteiger partial charge in [-0.05, 0) is 30.7 Å². The van der Waals surface area contributed by atoms with Crippen molar-refractivity contribution in [2.75, 3.05) is 13.1 Å². The van der Waals surface area contributed by atoms with Crippen molar-refractivity contribution in [2.45, 2.75) is 24.2 Å².